The Bertz CT molecular complexity index is 985. The molecule has 0 unspecified atom stereocenters. The Labute approximate surface area is 180 Å². The number of anilines is 1. The number of rotatable bonds is 7. The van der Waals surface area contributed by atoms with Crippen molar-refractivity contribution in [1.82, 2.24) is 4.31 Å². The van der Waals surface area contributed by atoms with Crippen LogP contribution in [0.4, 0.5) is 5.69 Å². The van der Waals surface area contributed by atoms with E-state index < -0.39 is 10.0 Å². The van der Waals surface area contributed by atoms with Crippen LogP contribution in [0.1, 0.15) is 25.3 Å². The lowest BCUT2D eigenvalue weighted by molar-refractivity contribution is -0.115. The van der Waals surface area contributed by atoms with Crippen LogP contribution < -0.4 is 10.1 Å². The molecule has 2 aromatic carbocycles. The highest BCUT2D eigenvalue weighted by Gasteiger charge is 2.30. The molecule has 1 heterocycles. The minimum absolute atomic E-state index is 0.0279. The van der Waals surface area contributed by atoms with Crippen molar-refractivity contribution < 1.29 is 17.9 Å². The van der Waals surface area contributed by atoms with Gasteiger partial charge in [-0.3, -0.25) is 4.79 Å². The van der Waals surface area contributed by atoms with Crippen molar-refractivity contribution in [2.45, 2.75) is 31.1 Å². The highest BCUT2D eigenvalue weighted by Crippen LogP contribution is 2.32. The van der Waals surface area contributed by atoms with E-state index in [1.165, 1.54) is 10.4 Å². The Morgan fingerprint density at radius 3 is 2.41 bits per heavy atom. The van der Waals surface area contributed by atoms with E-state index in [1.807, 2.05) is 0 Å². The number of amides is 1. The van der Waals surface area contributed by atoms with E-state index >= 15 is 0 Å². The van der Waals surface area contributed by atoms with Crippen molar-refractivity contribution in [2.24, 2.45) is 0 Å². The van der Waals surface area contributed by atoms with Crippen LogP contribution in [0.25, 0.3) is 0 Å². The number of hydrogen-bond donors (Lipinski definition) is 1. The molecule has 0 spiro atoms. The first-order valence-corrected chi connectivity index (χ1v) is 11.5. The van der Waals surface area contributed by atoms with Crippen LogP contribution in [-0.2, 0) is 21.2 Å². The molecule has 1 fully saturated rings. The molecule has 1 amide bonds. The summed E-state index contributed by atoms with van der Waals surface area (Å²) in [5.74, 6) is -0.0831. The van der Waals surface area contributed by atoms with Gasteiger partial charge in [0.05, 0.1) is 13.0 Å². The quantitative estimate of drug-likeness (QED) is 0.671. The molecular weight excluding hydrogens is 435 g/mol. The summed E-state index contributed by atoms with van der Waals surface area (Å²) in [6.45, 7) is 3.08. The second-order valence-electron chi connectivity index (χ2n) is 6.63. The van der Waals surface area contributed by atoms with E-state index in [4.69, 9.17) is 27.9 Å². The van der Waals surface area contributed by atoms with E-state index in [1.54, 1.807) is 37.3 Å². The lowest BCUT2D eigenvalue weighted by atomic mass is 10.1. The Hall–Kier alpha value is -1.80. The lowest BCUT2D eigenvalue weighted by Gasteiger charge is -2.19. The van der Waals surface area contributed by atoms with Gasteiger partial charge in [-0.15, -0.1) is 0 Å². The van der Waals surface area contributed by atoms with Gasteiger partial charge in [0.25, 0.3) is 0 Å². The summed E-state index contributed by atoms with van der Waals surface area (Å²) < 4.78 is 33.1. The van der Waals surface area contributed by atoms with Crippen molar-refractivity contribution in [3.8, 4) is 5.75 Å². The Morgan fingerprint density at radius 2 is 1.79 bits per heavy atom. The first kappa shape index (κ1) is 21.9. The van der Waals surface area contributed by atoms with Gasteiger partial charge in [-0.05, 0) is 55.7 Å². The first-order chi connectivity index (χ1) is 13.8. The average Bonchev–Trinajstić information content (AvgIpc) is 3.22. The van der Waals surface area contributed by atoms with Crippen molar-refractivity contribution in [1.29, 1.82) is 0 Å². The average molecular weight is 457 g/mol. The number of nitrogens with zero attached hydrogens (tertiary/aromatic N) is 1. The number of nitrogens with one attached hydrogen (secondary N) is 1. The molecular formula is C20H22Cl2N2O4S. The first-order valence-electron chi connectivity index (χ1n) is 9.32. The molecule has 1 N–H and O–H groups in total. The summed E-state index contributed by atoms with van der Waals surface area (Å²) in [5.41, 5.74) is 0.878. The maximum atomic E-state index is 13.0. The van der Waals surface area contributed by atoms with Crippen molar-refractivity contribution in [3.63, 3.8) is 0 Å². The van der Waals surface area contributed by atoms with Crippen LogP contribution in [0.5, 0.6) is 5.75 Å². The predicted molar refractivity (Wildman–Crippen MR) is 114 cm³/mol. The van der Waals surface area contributed by atoms with Crippen molar-refractivity contribution in [2.75, 3.05) is 25.0 Å². The third kappa shape index (κ3) is 5.04. The van der Waals surface area contributed by atoms with Gasteiger partial charge in [-0.2, -0.15) is 4.31 Å². The predicted octanol–water partition coefficient (Wildman–Crippen LogP) is 4.36. The molecule has 0 atom stereocenters. The normalized spacial score (nSPS) is 14.7. The van der Waals surface area contributed by atoms with Crippen LogP contribution >= 0.6 is 23.2 Å². The maximum absolute atomic E-state index is 13.0. The van der Waals surface area contributed by atoms with Crippen LogP contribution in [0, 0.1) is 0 Å². The molecule has 9 heteroatoms. The van der Waals surface area contributed by atoms with Crippen LogP contribution in [0.3, 0.4) is 0 Å². The van der Waals surface area contributed by atoms with E-state index in [-0.39, 0.29) is 23.0 Å². The fourth-order valence-corrected chi connectivity index (χ4v) is 5.40. The highest BCUT2D eigenvalue weighted by molar-refractivity contribution is 7.89. The standard InChI is InChI=1S/C20H22Cl2N2O4S/c1-2-28-18-9-8-14(12-19(18)29(26,27)24-10-3-4-11-24)23-20(25)13-15-16(21)6-5-7-17(15)22/h5-9,12H,2-4,10-11,13H2,1H3,(H,23,25). The third-order valence-corrected chi connectivity index (χ3v) is 7.24. The Kier molecular flexibility index (Phi) is 7.05. The molecule has 1 saturated heterocycles. The van der Waals surface area contributed by atoms with Gasteiger partial charge in [0, 0.05) is 28.8 Å². The van der Waals surface area contributed by atoms with Crippen molar-refractivity contribution >= 4 is 44.8 Å². The molecule has 2 aromatic rings. The smallest absolute Gasteiger partial charge is 0.246 e. The molecule has 1 aliphatic rings. The molecule has 3 rings (SSSR count). The zero-order valence-corrected chi connectivity index (χ0v) is 18.3. The van der Waals surface area contributed by atoms with Gasteiger partial charge in [-0.1, -0.05) is 29.3 Å². The van der Waals surface area contributed by atoms with Gasteiger partial charge in [0.2, 0.25) is 15.9 Å². The number of carbonyl (C=O) groups is 1. The lowest BCUT2D eigenvalue weighted by Crippen LogP contribution is -2.28. The summed E-state index contributed by atoms with van der Waals surface area (Å²) in [4.78, 5) is 12.5. The zero-order chi connectivity index (χ0) is 21.0. The fourth-order valence-electron chi connectivity index (χ4n) is 3.20. The Morgan fingerprint density at radius 1 is 1.14 bits per heavy atom. The molecule has 0 aromatic heterocycles. The topological polar surface area (TPSA) is 75.7 Å². The summed E-state index contributed by atoms with van der Waals surface area (Å²) in [7, 11) is -3.71. The molecule has 6 nitrogen and oxygen atoms in total. The van der Waals surface area contributed by atoms with E-state index in [0.29, 0.717) is 41.0 Å². The number of halogens is 2. The summed E-state index contributed by atoms with van der Waals surface area (Å²) in [5, 5.41) is 3.52. The van der Waals surface area contributed by atoms with Crippen LogP contribution in [0.2, 0.25) is 10.0 Å². The molecule has 29 heavy (non-hydrogen) atoms. The number of carbonyl (C=O) groups excluding carboxylic acids is 1. The molecule has 1 aliphatic heterocycles. The molecule has 0 saturated carbocycles. The van der Waals surface area contributed by atoms with E-state index in [9.17, 15) is 13.2 Å². The van der Waals surface area contributed by atoms with Gasteiger partial charge in [-0.25, -0.2) is 8.42 Å². The SMILES string of the molecule is CCOc1ccc(NC(=O)Cc2c(Cl)cccc2Cl)cc1S(=O)(=O)N1CCCC1. The van der Waals surface area contributed by atoms with Gasteiger partial charge >= 0.3 is 0 Å². The monoisotopic (exact) mass is 456 g/mol. The number of hydrogen-bond acceptors (Lipinski definition) is 4. The Balaban J connectivity index is 1.86. The number of sulfonamides is 1. The van der Waals surface area contributed by atoms with Crippen LogP contribution in [-0.4, -0.2) is 38.3 Å². The minimum atomic E-state index is -3.71. The maximum Gasteiger partial charge on any atom is 0.246 e. The molecule has 0 aliphatic carbocycles. The summed E-state index contributed by atoms with van der Waals surface area (Å²) in [6.07, 6.45) is 1.64. The molecule has 156 valence electrons. The van der Waals surface area contributed by atoms with Crippen molar-refractivity contribution in [3.05, 3.63) is 52.0 Å². The molecule has 0 bridgehead atoms. The largest absolute Gasteiger partial charge is 0.492 e. The minimum Gasteiger partial charge on any atom is -0.492 e. The van der Waals surface area contributed by atoms with Crippen LogP contribution in [0.15, 0.2) is 41.3 Å². The second kappa shape index (κ2) is 9.34. The summed E-state index contributed by atoms with van der Waals surface area (Å²) in [6, 6.07) is 9.63. The number of benzene rings is 2. The van der Waals surface area contributed by atoms with E-state index in [2.05, 4.69) is 5.32 Å². The molecule has 0 radical (unpaired) electrons. The van der Waals surface area contributed by atoms with Gasteiger partial charge in [0.1, 0.15) is 10.6 Å². The zero-order valence-electron chi connectivity index (χ0n) is 16.0. The summed E-state index contributed by atoms with van der Waals surface area (Å²) >= 11 is 12.2. The highest BCUT2D eigenvalue weighted by atomic mass is 35.5. The van der Waals surface area contributed by atoms with Gasteiger partial charge < -0.3 is 10.1 Å². The number of ether oxygens (including phenoxy) is 1. The fraction of sp³-hybridized carbons (Fsp3) is 0.350. The second-order valence-corrected chi connectivity index (χ2v) is 9.35. The van der Waals surface area contributed by atoms with Gasteiger partial charge in [0.15, 0.2) is 0 Å². The van der Waals surface area contributed by atoms with E-state index in [0.717, 1.165) is 12.8 Å². The third-order valence-electron chi connectivity index (χ3n) is 4.61.